The summed E-state index contributed by atoms with van der Waals surface area (Å²) in [6.07, 6.45) is 2.10. The fraction of sp³-hybridized carbons (Fsp3) is 0.222. The number of phenols is 1. The lowest BCUT2D eigenvalue weighted by atomic mass is 10.0. The monoisotopic (exact) mass is 295 g/mol. The number of phenolic OH excluding ortho intramolecular Hbond substituents is 1. The topological polar surface area (TPSA) is 47.5 Å². The molecule has 0 saturated heterocycles. The van der Waals surface area contributed by atoms with Crippen LogP contribution in [-0.2, 0) is 0 Å². The van der Waals surface area contributed by atoms with Crippen molar-refractivity contribution in [3.63, 3.8) is 0 Å². The minimum Gasteiger partial charge on any atom is -0.507 e. The van der Waals surface area contributed by atoms with E-state index in [1.54, 1.807) is 6.07 Å². The van der Waals surface area contributed by atoms with Gasteiger partial charge in [-0.15, -0.1) is 0 Å². The van der Waals surface area contributed by atoms with Gasteiger partial charge in [0.1, 0.15) is 5.75 Å². The first kappa shape index (κ1) is 14.5. The normalized spacial score (nSPS) is 17.0. The summed E-state index contributed by atoms with van der Waals surface area (Å²) in [7, 11) is 4.06. The van der Waals surface area contributed by atoms with Crippen LogP contribution in [0.2, 0.25) is 0 Å². The quantitative estimate of drug-likeness (QED) is 0.815. The molecule has 0 radical (unpaired) electrons. The number of aromatic hydroxyl groups is 1. The number of nitrogens with zero attached hydrogens (tertiary/aromatic N) is 1. The average molecular weight is 295 g/mol. The van der Waals surface area contributed by atoms with Gasteiger partial charge in [0.15, 0.2) is 0 Å². The summed E-state index contributed by atoms with van der Waals surface area (Å²) in [4.78, 5) is 2.08. The molecule has 1 aliphatic rings. The van der Waals surface area contributed by atoms with Crippen LogP contribution in [0, 0.1) is 6.92 Å². The lowest BCUT2D eigenvalue weighted by molar-refractivity contribution is 0.472. The van der Waals surface area contributed by atoms with E-state index < -0.39 is 0 Å². The molecule has 1 atom stereocenters. The maximum atomic E-state index is 10.0. The van der Waals surface area contributed by atoms with Crippen LogP contribution in [0.25, 0.3) is 5.70 Å². The fourth-order valence-electron chi connectivity index (χ4n) is 2.59. The first-order valence-electron chi connectivity index (χ1n) is 7.35. The molecule has 0 bridgehead atoms. The van der Waals surface area contributed by atoms with Gasteiger partial charge in [0.05, 0.1) is 11.7 Å². The highest BCUT2D eigenvalue weighted by Gasteiger charge is 2.19. The van der Waals surface area contributed by atoms with Crippen molar-refractivity contribution in [2.75, 3.05) is 19.0 Å². The Morgan fingerprint density at radius 3 is 2.45 bits per heavy atom. The molecule has 0 saturated carbocycles. The Balaban J connectivity index is 1.86. The van der Waals surface area contributed by atoms with E-state index in [2.05, 4.69) is 46.1 Å². The molecule has 0 aliphatic carbocycles. The molecule has 4 heteroatoms. The fourth-order valence-corrected chi connectivity index (χ4v) is 2.59. The van der Waals surface area contributed by atoms with Gasteiger partial charge in [0.2, 0.25) is 0 Å². The predicted molar refractivity (Wildman–Crippen MR) is 90.6 cm³/mol. The van der Waals surface area contributed by atoms with Crippen molar-refractivity contribution >= 4 is 11.4 Å². The van der Waals surface area contributed by atoms with Crippen molar-refractivity contribution in [2.24, 2.45) is 0 Å². The summed E-state index contributed by atoms with van der Waals surface area (Å²) in [5.74, 6) is 0.287. The Hall–Kier alpha value is -2.46. The number of aryl methyl sites for hydroxylation is 1. The maximum Gasteiger partial charge on any atom is 0.124 e. The molecule has 1 aliphatic heterocycles. The second-order valence-corrected chi connectivity index (χ2v) is 5.83. The first-order chi connectivity index (χ1) is 10.5. The summed E-state index contributed by atoms with van der Waals surface area (Å²) in [6, 6.07) is 14.1. The van der Waals surface area contributed by atoms with E-state index >= 15 is 0 Å². The Morgan fingerprint density at radius 1 is 1.05 bits per heavy atom. The van der Waals surface area contributed by atoms with Gasteiger partial charge in [-0.2, -0.15) is 0 Å². The second kappa shape index (κ2) is 5.73. The minimum absolute atomic E-state index is 0.0890. The predicted octanol–water partition coefficient (Wildman–Crippen LogP) is 2.96. The van der Waals surface area contributed by atoms with Crippen LogP contribution in [0.5, 0.6) is 5.75 Å². The van der Waals surface area contributed by atoms with Gasteiger partial charge >= 0.3 is 0 Å². The molecule has 2 aromatic carbocycles. The van der Waals surface area contributed by atoms with Gasteiger partial charge < -0.3 is 15.4 Å². The van der Waals surface area contributed by atoms with Gasteiger partial charge in [-0.05, 0) is 42.8 Å². The third-order valence-corrected chi connectivity index (χ3v) is 3.91. The smallest absolute Gasteiger partial charge is 0.124 e. The maximum absolute atomic E-state index is 10.0. The highest BCUT2D eigenvalue weighted by Crippen LogP contribution is 2.30. The molecule has 114 valence electrons. The zero-order chi connectivity index (χ0) is 15.7. The number of benzene rings is 2. The van der Waals surface area contributed by atoms with Crippen LogP contribution in [0.3, 0.4) is 0 Å². The molecule has 0 spiro atoms. The van der Waals surface area contributed by atoms with Crippen LogP contribution < -0.4 is 15.8 Å². The van der Waals surface area contributed by atoms with Gasteiger partial charge in [0, 0.05) is 25.3 Å². The van der Waals surface area contributed by atoms with Crippen molar-refractivity contribution in [1.82, 2.24) is 10.9 Å². The van der Waals surface area contributed by atoms with Crippen LogP contribution in [0.4, 0.5) is 5.69 Å². The second-order valence-electron chi connectivity index (χ2n) is 5.83. The molecule has 2 aromatic rings. The Labute approximate surface area is 131 Å². The molecular formula is C18H21N3O. The molecule has 4 nitrogen and oxygen atoms in total. The summed E-state index contributed by atoms with van der Waals surface area (Å²) in [5, 5.41) is 10.0. The Kier molecular flexibility index (Phi) is 3.77. The number of hydrogen-bond donors (Lipinski definition) is 3. The molecule has 1 heterocycles. The largest absolute Gasteiger partial charge is 0.507 e. The van der Waals surface area contributed by atoms with Crippen LogP contribution in [-0.4, -0.2) is 19.2 Å². The van der Waals surface area contributed by atoms with E-state index in [-0.39, 0.29) is 11.8 Å². The number of anilines is 1. The van der Waals surface area contributed by atoms with Gasteiger partial charge in [-0.1, -0.05) is 23.8 Å². The van der Waals surface area contributed by atoms with Crippen molar-refractivity contribution in [3.05, 3.63) is 65.2 Å². The molecule has 3 rings (SSSR count). The van der Waals surface area contributed by atoms with Crippen LogP contribution >= 0.6 is 0 Å². The zero-order valence-corrected chi connectivity index (χ0v) is 13.1. The van der Waals surface area contributed by atoms with Crippen molar-refractivity contribution in [3.8, 4) is 5.75 Å². The molecule has 22 heavy (non-hydrogen) atoms. The molecular weight excluding hydrogens is 274 g/mol. The number of hydrogen-bond acceptors (Lipinski definition) is 4. The third kappa shape index (κ3) is 2.78. The standard InChI is InChI=1S/C18H21N3O/c1-12-4-9-18(22)15(10-12)17-11-16(19-20-17)13-5-7-14(8-6-13)21(2)3/h4-11,16,19-20,22H,1-3H3/t16-/m0/s1. The summed E-state index contributed by atoms with van der Waals surface area (Å²) < 4.78 is 0. The molecule has 0 fully saturated rings. The Bertz CT molecular complexity index is 705. The van der Waals surface area contributed by atoms with Crippen LogP contribution in [0.1, 0.15) is 22.7 Å². The Morgan fingerprint density at radius 2 is 1.77 bits per heavy atom. The number of rotatable bonds is 3. The van der Waals surface area contributed by atoms with Gasteiger partial charge in [-0.25, -0.2) is 5.43 Å². The summed E-state index contributed by atoms with van der Waals surface area (Å²) in [6.45, 7) is 2.02. The zero-order valence-electron chi connectivity index (χ0n) is 13.1. The van der Waals surface area contributed by atoms with E-state index in [0.717, 1.165) is 16.8 Å². The molecule has 0 unspecified atom stereocenters. The SMILES string of the molecule is Cc1ccc(O)c(C2=C[C@@H](c3ccc(N(C)C)cc3)NN2)c1. The van der Waals surface area contributed by atoms with Crippen molar-refractivity contribution in [1.29, 1.82) is 0 Å². The van der Waals surface area contributed by atoms with Crippen molar-refractivity contribution in [2.45, 2.75) is 13.0 Å². The van der Waals surface area contributed by atoms with E-state index in [1.165, 1.54) is 11.3 Å². The molecule has 0 aromatic heterocycles. The summed E-state index contributed by atoms with van der Waals surface area (Å²) >= 11 is 0. The minimum atomic E-state index is 0.0890. The van der Waals surface area contributed by atoms with E-state index in [4.69, 9.17) is 0 Å². The molecule has 3 N–H and O–H groups in total. The third-order valence-electron chi connectivity index (χ3n) is 3.91. The lowest BCUT2D eigenvalue weighted by Crippen LogP contribution is -2.26. The van der Waals surface area contributed by atoms with E-state index in [1.807, 2.05) is 33.2 Å². The number of hydrazine groups is 1. The first-order valence-corrected chi connectivity index (χ1v) is 7.35. The van der Waals surface area contributed by atoms with Gasteiger partial charge in [0.25, 0.3) is 0 Å². The highest BCUT2D eigenvalue weighted by molar-refractivity contribution is 5.71. The summed E-state index contributed by atoms with van der Waals surface area (Å²) in [5.41, 5.74) is 11.6. The van der Waals surface area contributed by atoms with E-state index in [9.17, 15) is 5.11 Å². The van der Waals surface area contributed by atoms with Crippen molar-refractivity contribution < 1.29 is 5.11 Å². The van der Waals surface area contributed by atoms with E-state index in [0.29, 0.717) is 0 Å². The average Bonchev–Trinajstić information content (AvgIpc) is 2.99. The van der Waals surface area contributed by atoms with Gasteiger partial charge in [-0.3, -0.25) is 0 Å². The molecule has 0 amide bonds. The highest BCUT2D eigenvalue weighted by atomic mass is 16.3. The number of nitrogens with one attached hydrogen (secondary N) is 2. The van der Waals surface area contributed by atoms with Crippen LogP contribution in [0.15, 0.2) is 48.5 Å². The lowest BCUT2D eigenvalue weighted by Gasteiger charge is -2.14.